The van der Waals surface area contributed by atoms with Gasteiger partial charge in [0.15, 0.2) is 0 Å². The van der Waals surface area contributed by atoms with Crippen LogP contribution in [-0.2, 0) is 17.8 Å². The van der Waals surface area contributed by atoms with E-state index in [-0.39, 0.29) is 37.9 Å². The largest absolute Gasteiger partial charge is 0.497 e. The van der Waals surface area contributed by atoms with Gasteiger partial charge in [-0.3, -0.25) is 14.4 Å². The van der Waals surface area contributed by atoms with Crippen LogP contribution < -0.4 is 14.8 Å². The fourth-order valence-electron chi connectivity index (χ4n) is 4.79. The third kappa shape index (κ3) is 7.97. The number of methoxy groups -OCH3 is 2. The van der Waals surface area contributed by atoms with Gasteiger partial charge in [-0.1, -0.05) is 48.5 Å². The number of carboxylic acid groups (broad SMARTS) is 1. The molecule has 0 atom stereocenters. The van der Waals surface area contributed by atoms with Gasteiger partial charge in [-0.05, 0) is 71.1 Å². The molecule has 4 aromatic rings. The molecule has 8 nitrogen and oxygen atoms in total. The standard InChI is InChI=1S/C34H33FN2O6/c1-42-26-14-15-31(43-2)24(21-26)16-18-37(19-17-32(38)39)34(41)30-13-6-4-11-28(30)27-10-3-5-12-29(27)33(40)36-22-23-8-7-9-25(35)20-23/h3-15,20-21H,16-19,22H2,1-2H3,(H,36,40)(H,38,39). The highest BCUT2D eigenvalue weighted by Crippen LogP contribution is 2.29. The van der Waals surface area contributed by atoms with Crippen molar-refractivity contribution in [3.05, 3.63) is 119 Å². The number of carbonyl (C=O) groups is 3. The quantitative estimate of drug-likeness (QED) is 0.212. The van der Waals surface area contributed by atoms with Crippen LogP contribution in [0.4, 0.5) is 4.39 Å². The molecule has 0 heterocycles. The number of hydrogen-bond acceptors (Lipinski definition) is 5. The van der Waals surface area contributed by atoms with Crippen molar-refractivity contribution < 1.29 is 33.4 Å². The summed E-state index contributed by atoms with van der Waals surface area (Å²) in [6.07, 6.45) is 0.162. The van der Waals surface area contributed by atoms with E-state index in [1.54, 1.807) is 87.0 Å². The van der Waals surface area contributed by atoms with Gasteiger partial charge >= 0.3 is 5.97 Å². The molecule has 4 rings (SSSR count). The van der Waals surface area contributed by atoms with Gasteiger partial charge in [0.05, 0.1) is 20.6 Å². The first-order valence-electron chi connectivity index (χ1n) is 13.7. The van der Waals surface area contributed by atoms with Crippen LogP contribution >= 0.6 is 0 Å². The molecule has 0 radical (unpaired) electrons. The first-order valence-corrected chi connectivity index (χ1v) is 13.7. The molecule has 0 spiro atoms. The fraction of sp³-hybridized carbons (Fsp3) is 0.206. The van der Waals surface area contributed by atoms with Gasteiger partial charge < -0.3 is 24.8 Å². The lowest BCUT2D eigenvalue weighted by Crippen LogP contribution is -2.35. The summed E-state index contributed by atoms with van der Waals surface area (Å²) in [5.41, 5.74) is 3.17. The number of carboxylic acids is 1. The average Bonchev–Trinajstić information content (AvgIpc) is 3.03. The molecule has 0 saturated heterocycles. The summed E-state index contributed by atoms with van der Waals surface area (Å²) >= 11 is 0. The number of nitrogens with one attached hydrogen (secondary N) is 1. The molecule has 0 aliphatic heterocycles. The van der Waals surface area contributed by atoms with Crippen molar-refractivity contribution in [3.8, 4) is 22.6 Å². The van der Waals surface area contributed by atoms with E-state index < -0.39 is 11.8 Å². The van der Waals surface area contributed by atoms with Gasteiger partial charge in [0, 0.05) is 30.8 Å². The Bertz CT molecular complexity index is 1610. The lowest BCUT2D eigenvalue weighted by atomic mass is 9.94. The maximum atomic E-state index is 14.0. The predicted molar refractivity (Wildman–Crippen MR) is 161 cm³/mol. The molecule has 0 aliphatic rings. The number of ether oxygens (including phenoxy) is 2. The molecule has 222 valence electrons. The van der Waals surface area contributed by atoms with Crippen molar-refractivity contribution in [2.24, 2.45) is 0 Å². The zero-order chi connectivity index (χ0) is 30.8. The highest BCUT2D eigenvalue weighted by Gasteiger charge is 2.23. The average molecular weight is 585 g/mol. The van der Waals surface area contributed by atoms with E-state index in [2.05, 4.69) is 5.32 Å². The first kappa shape index (κ1) is 30.8. The van der Waals surface area contributed by atoms with E-state index >= 15 is 0 Å². The first-order chi connectivity index (χ1) is 20.8. The molecule has 2 amide bonds. The van der Waals surface area contributed by atoms with Crippen LogP contribution in [0.5, 0.6) is 11.5 Å². The molecule has 2 N–H and O–H groups in total. The number of rotatable bonds is 13. The summed E-state index contributed by atoms with van der Waals surface area (Å²) in [5.74, 6) is -0.896. The molecule has 9 heteroatoms. The smallest absolute Gasteiger partial charge is 0.305 e. The summed E-state index contributed by atoms with van der Waals surface area (Å²) in [7, 11) is 3.12. The van der Waals surface area contributed by atoms with Gasteiger partial charge in [-0.15, -0.1) is 0 Å². The van der Waals surface area contributed by atoms with E-state index in [1.165, 1.54) is 17.0 Å². The minimum atomic E-state index is -1.02. The van der Waals surface area contributed by atoms with E-state index in [1.807, 2.05) is 6.07 Å². The Morgan fingerprint density at radius 1 is 0.814 bits per heavy atom. The monoisotopic (exact) mass is 584 g/mol. The minimum absolute atomic E-state index is 0.00937. The molecule has 0 aromatic heterocycles. The van der Waals surface area contributed by atoms with Gasteiger partial charge in [0.25, 0.3) is 11.8 Å². The third-order valence-electron chi connectivity index (χ3n) is 6.98. The highest BCUT2D eigenvalue weighted by molar-refractivity contribution is 6.06. The molecular weight excluding hydrogens is 551 g/mol. The summed E-state index contributed by atoms with van der Waals surface area (Å²) in [4.78, 5) is 40.3. The Kier molecular flexibility index (Phi) is 10.5. The van der Waals surface area contributed by atoms with Crippen LogP contribution in [0.3, 0.4) is 0 Å². The summed E-state index contributed by atoms with van der Waals surface area (Å²) in [5, 5.41) is 12.2. The van der Waals surface area contributed by atoms with Crippen molar-refractivity contribution in [2.75, 3.05) is 27.3 Å². The maximum absolute atomic E-state index is 14.0. The van der Waals surface area contributed by atoms with Crippen molar-refractivity contribution in [2.45, 2.75) is 19.4 Å². The Hall–Kier alpha value is -5.18. The van der Waals surface area contributed by atoms with Crippen molar-refractivity contribution in [1.29, 1.82) is 0 Å². The molecule has 0 aliphatic carbocycles. The predicted octanol–water partition coefficient (Wildman–Crippen LogP) is 5.60. The number of nitrogens with zero attached hydrogens (tertiary/aromatic N) is 1. The second kappa shape index (κ2) is 14.6. The van der Waals surface area contributed by atoms with Crippen LogP contribution in [0.25, 0.3) is 11.1 Å². The second-order valence-electron chi connectivity index (χ2n) is 9.77. The molecule has 4 aromatic carbocycles. The SMILES string of the molecule is COc1ccc(OC)c(CCN(CCC(=O)O)C(=O)c2ccccc2-c2ccccc2C(=O)NCc2cccc(F)c2)c1. The highest BCUT2D eigenvalue weighted by atomic mass is 19.1. The molecule has 0 fully saturated rings. The lowest BCUT2D eigenvalue weighted by Gasteiger charge is -2.24. The van der Waals surface area contributed by atoms with Crippen LogP contribution in [0.15, 0.2) is 91.0 Å². The number of carbonyl (C=O) groups excluding carboxylic acids is 2. The molecule has 0 bridgehead atoms. The molecule has 0 saturated carbocycles. The minimum Gasteiger partial charge on any atom is -0.497 e. The van der Waals surface area contributed by atoms with Crippen LogP contribution in [0.1, 0.15) is 38.3 Å². The second-order valence-corrected chi connectivity index (χ2v) is 9.77. The molecule has 43 heavy (non-hydrogen) atoms. The van der Waals surface area contributed by atoms with E-state index in [0.717, 1.165) is 5.56 Å². The van der Waals surface area contributed by atoms with Crippen LogP contribution in [0, 0.1) is 5.82 Å². The Morgan fingerprint density at radius 3 is 2.19 bits per heavy atom. The van der Waals surface area contributed by atoms with Gasteiger partial charge in [-0.25, -0.2) is 4.39 Å². The van der Waals surface area contributed by atoms with Crippen LogP contribution in [-0.4, -0.2) is 55.1 Å². The lowest BCUT2D eigenvalue weighted by molar-refractivity contribution is -0.137. The number of benzene rings is 4. The number of halogens is 1. The van der Waals surface area contributed by atoms with Crippen molar-refractivity contribution in [3.63, 3.8) is 0 Å². The molecule has 0 unspecified atom stereocenters. The van der Waals surface area contributed by atoms with E-state index in [9.17, 15) is 23.9 Å². The number of hydrogen-bond donors (Lipinski definition) is 2. The van der Waals surface area contributed by atoms with E-state index in [0.29, 0.717) is 45.7 Å². The number of aliphatic carboxylic acids is 1. The summed E-state index contributed by atoms with van der Waals surface area (Å²) in [6, 6.07) is 25.2. The number of amides is 2. The third-order valence-corrected chi connectivity index (χ3v) is 6.98. The van der Waals surface area contributed by atoms with Crippen molar-refractivity contribution in [1.82, 2.24) is 10.2 Å². The topological polar surface area (TPSA) is 105 Å². The van der Waals surface area contributed by atoms with Gasteiger partial charge in [0.2, 0.25) is 0 Å². The molecular formula is C34H33FN2O6. The zero-order valence-electron chi connectivity index (χ0n) is 24.0. The summed E-state index contributed by atoms with van der Waals surface area (Å²) < 4.78 is 24.4. The Morgan fingerprint density at radius 2 is 1.51 bits per heavy atom. The van der Waals surface area contributed by atoms with Gasteiger partial charge in [-0.2, -0.15) is 0 Å². The zero-order valence-corrected chi connectivity index (χ0v) is 24.0. The Labute approximate surface area is 249 Å². The van der Waals surface area contributed by atoms with Gasteiger partial charge in [0.1, 0.15) is 17.3 Å². The van der Waals surface area contributed by atoms with Crippen LogP contribution in [0.2, 0.25) is 0 Å². The normalized spacial score (nSPS) is 10.6. The fourth-order valence-corrected chi connectivity index (χ4v) is 4.79. The summed E-state index contributed by atoms with van der Waals surface area (Å²) in [6.45, 7) is 0.340. The van der Waals surface area contributed by atoms with Crippen molar-refractivity contribution >= 4 is 17.8 Å². The van der Waals surface area contributed by atoms with E-state index in [4.69, 9.17) is 9.47 Å². The Balaban J connectivity index is 1.62. The maximum Gasteiger partial charge on any atom is 0.305 e.